The fraction of sp³-hybridized carbons (Fsp3) is 0.214. The van der Waals surface area contributed by atoms with Crippen LogP contribution < -0.4 is 5.73 Å². The van der Waals surface area contributed by atoms with Gasteiger partial charge in [-0.1, -0.05) is 17.8 Å². The SMILES string of the molecule is CC(N)Cc1cc([N+](=O)[O-])ccc1Sc1ccccn1. The zero-order chi connectivity index (χ0) is 14.5. The molecule has 0 aliphatic rings. The van der Waals surface area contributed by atoms with Crippen molar-refractivity contribution < 1.29 is 4.92 Å². The van der Waals surface area contributed by atoms with Gasteiger partial charge in [0.15, 0.2) is 0 Å². The monoisotopic (exact) mass is 289 g/mol. The first kappa shape index (κ1) is 14.5. The molecule has 1 heterocycles. The van der Waals surface area contributed by atoms with Gasteiger partial charge in [0, 0.05) is 29.3 Å². The summed E-state index contributed by atoms with van der Waals surface area (Å²) in [5, 5.41) is 11.7. The van der Waals surface area contributed by atoms with E-state index in [-0.39, 0.29) is 16.7 Å². The Labute approximate surface area is 121 Å². The number of aromatic nitrogens is 1. The predicted octanol–water partition coefficient (Wildman–Crippen LogP) is 3.03. The van der Waals surface area contributed by atoms with E-state index in [1.165, 1.54) is 17.8 Å². The number of benzene rings is 1. The second-order valence-electron chi connectivity index (χ2n) is 4.50. The van der Waals surface area contributed by atoms with Crippen molar-refractivity contribution in [2.75, 3.05) is 0 Å². The number of nitro benzene ring substituents is 1. The summed E-state index contributed by atoms with van der Waals surface area (Å²) in [5.41, 5.74) is 6.79. The zero-order valence-corrected chi connectivity index (χ0v) is 11.8. The quantitative estimate of drug-likeness (QED) is 0.675. The Morgan fingerprint density at radius 2 is 2.20 bits per heavy atom. The lowest BCUT2D eigenvalue weighted by Crippen LogP contribution is -2.18. The van der Waals surface area contributed by atoms with Crippen molar-refractivity contribution in [2.24, 2.45) is 5.73 Å². The molecule has 0 spiro atoms. The van der Waals surface area contributed by atoms with E-state index in [9.17, 15) is 10.1 Å². The van der Waals surface area contributed by atoms with E-state index in [2.05, 4.69) is 4.98 Å². The third kappa shape index (κ3) is 3.79. The Balaban J connectivity index is 2.33. The zero-order valence-electron chi connectivity index (χ0n) is 11.0. The molecule has 5 nitrogen and oxygen atoms in total. The molecule has 2 aromatic rings. The molecule has 0 saturated carbocycles. The molecule has 2 rings (SSSR count). The summed E-state index contributed by atoms with van der Waals surface area (Å²) >= 11 is 1.49. The minimum absolute atomic E-state index is 0.0555. The van der Waals surface area contributed by atoms with E-state index in [0.717, 1.165) is 15.5 Å². The highest BCUT2D eigenvalue weighted by molar-refractivity contribution is 7.99. The molecule has 0 radical (unpaired) electrons. The van der Waals surface area contributed by atoms with Gasteiger partial charge in [0.05, 0.1) is 4.92 Å². The van der Waals surface area contributed by atoms with Crippen LogP contribution in [-0.4, -0.2) is 15.9 Å². The van der Waals surface area contributed by atoms with Gasteiger partial charge in [-0.05, 0) is 37.1 Å². The molecule has 0 bridgehead atoms. The molecule has 20 heavy (non-hydrogen) atoms. The van der Waals surface area contributed by atoms with Crippen molar-refractivity contribution in [2.45, 2.75) is 29.3 Å². The highest BCUT2D eigenvalue weighted by Gasteiger charge is 2.13. The van der Waals surface area contributed by atoms with Crippen LogP contribution in [0.3, 0.4) is 0 Å². The number of hydrogen-bond acceptors (Lipinski definition) is 5. The Morgan fingerprint density at radius 3 is 2.80 bits per heavy atom. The summed E-state index contributed by atoms with van der Waals surface area (Å²) in [5.74, 6) is 0. The minimum Gasteiger partial charge on any atom is -0.328 e. The molecular weight excluding hydrogens is 274 g/mol. The van der Waals surface area contributed by atoms with Gasteiger partial charge < -0.3 is 5.73 Å². The highest BCUT2D eigenvalue weighted by atomic mass is 32.2. The summed E-state index contributed by atoms with van der Waals surface area (Å²) in [6.45, 7) is 1.88. The molecule has 0 amide bonds. The molecule has 1 unspecified atom stereocenters. The number of nitrogens with two attached hydrogens (primary N) is 1. The first-order valence-electron chi connectivity index (χ1n) is 6.18. The number of rotatable bonds is 5. The summed E-state index contributed by atoms with van der Waals surface area (Å²) < 4.78 is 0. The maximum absolute atomic E-state index is 10.9. The van der Waals surface area contributed by atoms with Gasteiger partial charge in [-0.3, -0.25) is 10.1 Å². The van der Waals surface area contributed by atoms with Gasteiger partial charge in [0.25, 0.3) is 5.69 Å². The van der Waals surface area contributed by atoms with Crippen molar-refractivity contribution in [3.05, 3.63) is 58.3 Å². The third-order valence-corrected chi connectivity index (χ3v) is 3.72. The molecule has 1 aromatic heterocycles. The van der Waals surface area contributed by atoms with E-state index >= 15 is 0 Å². The topological polar surface area (TPSA) is 82.0 Å². The smallest absolute Gasteiger partial charge is 0.269 e. The molecule has 0 saturated heterocycles. The van der Waals surface area contributed by atoms with E-state index in [0.29, 0.717) is 6.42 Å². The molecule has 0 fully saturated rings. The summed E-state index contributed by atoms with van der Waals surface area (Å²) in [6, 6.07) is 10.5. The fourth-order valence-corrected chi connectivity index (χ4v) is 2.70. The average Bonchev–Trinajstić information content (AvgIpc) is 2.41. The normalized spacial score (nSPS) is 12.1. The van der Waals surface area contributed by atoms with E-state index < -0.39 is 0 Å². The van der Waals surface area contributed by atoms with Crippen molar-refractivity contribution in [1.82, 2.24) is 4.98 Å². The second kappa shape index (κ2) is 6.49. The molecule has 0 aliphatic heterocycles. The fourth-order valence-electron chi connectivity index (χ4n) is 1.81. The van der Waals surface area contributed by atoms with Crippen LogP contribution in [0.15, 0.2) is 52.5 Å². The summed E-state index contributed by atoms with van der Waals surface area (Å²) in [7, 11) is 0. The maximum atomic E-state index is 10.9. The van der Waals surface area contributed by atoms with Gasteiger partial charge in [0.2, 0.25) is 0 Å². The first-order valence-corrected chi connectivity index (χ1v) is 6.99. The maximum Gasteiger partial charge on any atom is 0.269 e. The number of pyridine rings is 1. The Hall–Kier alpha value is -1.92. The lowest BCUT2D eigenvalue weighted by atomic mass is 10.1. The van der Waals surface area contributed by atoms with Crippen molar-refractivity contribution in [3.8, 4) is 0 Å². The van der Waals surface area contributed by atoms with Crippen molar-refractivity contribution in [3.63, 3.8) is 0 Å². The Bertz CT molecular complexity index is 603. The number of nitrogens with zero attached hydrogens (tertiary/aromatic N) is 2. The van der Waals surface area contributed by atoms with Crippen LogP contribution in [-0.2, 0) is 6.42 Å². The number of non-ortho nitro benzene ring substituents is 1. The molecule has 0 aliphatic carbocycles. The van der Waals surface area contributed by atoms with Crippen LogP contribution in [0.5, 0.6) is 0 Å². The van der Waals surface area contributed by atoms with Crippen LogP contribution >= 0.6 is 11.8 Å². The Kier molecular flexibility index (Phi) is 4.70. The summed E-state index contributed by atoms with van der Waals surface area (Å²) in [4.78, 5) is 15.7. The van der Waals surface area contributed by atoms with Crippen LogP contribution in [0.1, 0.15) is 12.5 Å². The standard InChI is InChI=1S/C14H15N3O2S/c1-10(15)8-11-9-12(17(18)19)5-6-13(11)20-14-4-2-3-7-16-14/h2-7,9-10H,8,15H2,1H3. The summed E-state index contributed by atoms with van der Waals surface area (Å²) in [6.07, 6.45) is 2.32. The first-order chi connectivity index (χ1) is 9.56. The van der Waals surface area contributed by atoms with Crippen molar-refractivity contribution in [1.29, 1.82) is 0 Å². The van der Waals surface area contributed by atoms with Gasteiger partial charge in [0.1, 0.15) is 5.03 Å². The van der Waals surface area contributed by atoms with Gasteiger partial charge in [-0.15, -0.1) is 0 Å². The molecule has 2 N–H and O–H groups in total. The molecule has 6 heteroatoms. The molecule has 1 aromatic carbocycles. The number of nitro groups is 1. The molecule has 104 valence electrons. The van der Waals surface area contributed by atoms with E-state index in [4.69, 9.17) is 5.73 Å². The lowest BCUT2D eigenvalue weighted by molar-refractivity contribution is -0.385. The van der Waals surface area contributed by atoms with Crippen LogP contribution in [0, 0.1) is 10.1 Å². The lowest BCUT2D eigenvalue weighted by Gasteiger charge is -2.10. The largest absolute Gasteiger partial charge is 0.328 e. The average molecular weight is 289 g/mol. The minimum atomic E-state index is -0.389. The van der Waals surface area contributed by atoms with Crippen LogP contribution in [0.4, 0.5) is 5.69 Å². The van der Waals surface area contributed by atoms with Crippen LogP contribution in [0.2, 0.25) is 0 Å². The number of hydrogen-bond donors (Lipinski definition) is 1. The predicted molar refractivity (Wildman–Crippen MR) is 78.8 cm³/mol. The second-order valence-corrected chi connectivity index (χ2v) is 5.56. The van der Waals surface area contributed by atoms with Gasteiger partial charge in [-0.25, -0.2) is 4.98 Å². The molecule has 1 atom stereocenters. The Morgan fingerprint density at radius 1 is 1.40 bits per heavy atom. The van der Waals surface area contributed by atoms with E-state index in [1.54, 1.807) is 18.3 Å². The van der Waals surface area contributed by atoms with Gasteiger partial charge >= 0.3 is 0 Å². The third-order valence-electron chi connectivity index (χ3n) is 2.65. The molecular formula is C14H15N3O2S. The van der Waals surface area contributed by atoms with E-state index in [1.807, 2.05) is 25.1 Å². The van der Waals surface area contributed by atoms with Crippen LogP contribution in [0.25, 0.3) is 0 Å². The van der Waals surface area contributed by atoms with Crippen molar-refractivity contribution >= 4 is 17.4 Å². The van der Waals surface area contributed by atoms with Gasteiger partial charge in [-0.2, -0.15) is 0 Å². The highest BCUT2D eigenvalue weighted by Crippen LogP contribution is 2.31.